The molecule has 88 valence electrons. The highest BCUT2D eigenvalue weighted by Crippen LogP contribution is 2.28. The topological polar surface area (TPSA) is 94.7 Å². The van der Waals surface area contributed by atoms with Crippen LogP contribution in [-0.4, -0.2) is 28.5 Å². The first-order valence-electron chi connectivity index (χ1n) is 4.58. The zero-order valence-electron chi connectivity index (χ0n) is 8.78. The van der Waals surface area contributed by atoms with Gasteiger partial charge in [-0.25, -0.2) is 4.79 Å². The predicted octanol–water partition coefficient (Wildman–Crippen LogP) is 1.80. The Morgan fingerprint density at radius 1 is 1.41 bits per heavy atom. The van der Waals surface area contributed by atoms with Crippen molar-refractivity contribution in [1.82, 2.24) is 10.1 Å². The molecule has 1 heterocycles. The molecule has 2 aromatic rings. The van der Waals surface area contributed by atoms with Crippen LogP contribution in [0.2, 0.25) is 0 Å². The zero-order valence-corrected chi connectivity index (χ0v) is 8.78. The van der Waals surface area contributed by atoms with Crippen LogP contribution in [0.25, 0.3) is 11.4 Å². The maximum atomic E-state index is 10.3. The van der Waals surface area contributed by atoms with E-state index in [1.807, 2.05) is 0 Å². The molecule has 2 rings (SSSR count). The van der Waals surface area contributed by atoms with Crippen molar-refractivity contribution in [1.29, 1.82) is 0 Å². The lowest BCUT2D eigenvalue weighted by molar-refractivity contribution is 0.125. The number of para-hydroxylation sites is 1. The van der Waals surface area contributed by atoms with Crippen LogP contribution in [0.3, 0.4) is 0 Å². The zero-order chi connectivity index (χ0) is 12.3. The molecule has 0 unspecified atom stereocenters. The molecule has 0 aliphatic heterocycles. The Kier molecular flexibility index (Phi) is 2.91. The minimum atomic E-state index is -1.51. The summed E-state index contributed by atoms with van der Waals surface area (Å²) in [5.74, 6) is 0.744. The van der Waals surface area contributed by atoms with Crippen LogP contribution in [0, 0.1) is 0 Å². The Hall–Kier alpha value is -2.57. The number of rotatable bonds is 3. The van der Waals surface area contributed by atoms with Crippen LogP contribution in [-0.2, 0) is 0 Å². The fourth-order valence-electron chi connectivity index (χ4n) is 1.26. The molecule has 0 saturated heterocycles. The van der Waals surface area contributed by atoms with Gasteiger partial charge in [0.25, 0.3) is 0 Å². The Morgan fingerprint density at radius 3 is 2.88 bits per heavy atom. The molecule has 0 saturated carbocycles. The number of ether oxygens (including phenoxy) is 2. The Labute approximate surface area is 95.6 Å². The van der Waals surface area contributed by atoms with E-state index in [-0.39, 0.29) is 5.82 Å². The third-order valence-corrected chi connectivity index (χ3v) is 1.93. The van der Waals surface area contributed by atoms with Gasteiger partial charge in [-0.15, -0.1) is 0 Å². The molecule has 0 amide bonds. The van der Waals surface area contributed by atoms with Gasteiger partial charge in [0.15, 0.2) is 0 Å². The van der Waals surface area contributed by atoms with E-state index >= 15 is 0 Å². The van der Waals surface area contributed by atoms with Crippen molar-refractivity contribution in [2.75, 3.05) is 7.11 Å². The fraction of sp³-hybridized carbons (Fsp3) is 0.100. The minimum Gasteiger partial charge on any atom is -0.496 e. The average molecular weight is 236 g/mol. The van der Waals surface area contributed by atoms with E-state index in [0.29, 0.717) is 11.3 Å². The van der Waals surface area contributed by atoms with Gasteiger partial charge in [-0.05, 0) is 12.1 Å². The molecule has 1 N–H and O–H groups in total. The van der Waals surface area contributed by atoms with Gasteiger partial charge in [0, 0.05) is 0 Å². The Balaban J connectivity index is 2.33. The summed E-state index contributed by atoms with van der Waals surface area (Å²) < 4.78 is 13.9. The summed E-state index contributed by atoms with van der Waals surface area (Å²) in [5, 5.41) is 12.0. The molecular weight excluding hydrogens is 228 g/mol. The quantitative estimate of drug-likeness (QED) is 0.811. The SMILES string of the molecule is COc1ccccc1-c1noc(OC(=O)O)n1. The second kappa shape index (κ2) is 4.52. The molecule has 0 atom stereocenters. The molecule has 1 aromatic carbocycles. The number of methoxy groups -OCH3 is 1. The van der Waals surface area contributed by atoms with Crippen LogP contribution in [0.4, 0.5) is 4.79 Å². The summed E-state index contributed by atoms with van der Waals surface area (Å²) in [6.45, 7) is 0. The molecule has 7 nitrogen and oxygen atoms in total. The normalized spacial score (nSPS) is 9.94. The van der Waals surface area contributed by atoms with E-state index < -0.39 is 12.2 Å². The minimum absolute atomic E-state index is 0.193. The van der Waals surface area contributed by atoms with Crippen molar-refractivity contribution >= 4 is 6.16 Å². The van der Waals surface area contributed by atoms with Crippen LogP contribution in [0.5, 0.6) is 11.8 Å². The molecule has 0 aliphatic rings. The highest BCUT2D eigenvalue weighted by molar-refractivity contribution is 5.64. The number of hydrogen-bond donors (Lipinski definition) is 1. The van der Waals surface area contributed by atoms with Crippen LogP contribution in [0.15, 0.2) is 28.8 Å². The summed E-state index contributed by atoms with van der Waals surface area (Å²) in [5.41, 5.74) is 0.582. The first-order valence-corrected chi connectivity index (χ1v) is 4.58. The maximum absolute atomic E-state index is 10.3. The predicted molar refractivity (Wildman–Crippen MR) is 54.9 cm³/mol. The lowest BCUT2D eigenvalue weighted by Gasteiger charge is -2.02. The third kappa shape index (κ3) is 2.33. The molecule has 0 fully saturated rings. The summed E-state index contributed by atoms with van der Waals surface area (Å²) in [6, 6.07) is 7.00. The van der Waals surface area contributed by atoms with Crippen molar-refractivity contribution in [3.05, 3.63) is 24.3 Å². The molecular formula is C10H8N2O5. The first-order chi connectivity index (χ1) is 8.20. The second-order valence-corrected chi connectivity index (χ2v) is 2.95. The second-order valence-electron chi connectivity index (χ2n) is 2.95. The van der Waals surface area contributed by atoms with Gasteiger partial charge < -0.3 is 14.6 Å². The number of nitrogens with zero attached hydrogens (tertiary/aromatic N) is 2. The highest BCUT2D eigenvalue weighted by atomic mass is 16.7. The van der Waals surface area contributed by atoms with Crippen LogP contribution >= 0.6 is 0 Å². The summed E-state index contributed by atoms with van der Waals surface area (Å²) in [6.07, 6.45) is -1.95. The Morgan fingerprint density at radius 2 is 2.18 bits per heavy atom. The van der Waals surface area contributed by atoms with Gasteiger partial charge >= 0.3 is 12.2 Å². The number of hydrogen-bond acceptors (Lipinski definition) is 6. The molecule has 0 bridgehead atoms. The van der Waals surface area contributed by atoms with E-state index in [1.165, 1.54) is 7.11 Å². The standard InChI is InChI=1S/C10H8N2O5/c1-15-7-5-3-2-4-6(7)8-11-9(17-12-8)16-10(13)14/h2-5H,1H3,(H,13,14). The molecule has 1 aromatic heterocycles. The summed E-state index contributed by atoms with van der Waals surface area (Å²) in [7, 11) is 1.51. The highest BCUT2D eigenvalue weighted by Gasteiger charge is 2.15. The summed E-state index contributed by atoms with van der Waals surface area (Å²) >= 11 is 0. The van der Waals surface area contributed by atoms with E-state index in [9.17, 15) is 4.79 Å². The van der Waals surface area contributed by atoms with E-state index in [1.54, 1.807) is 24.3 Å². The van der Waals surface area contributed by atoms with Crippen molar-refractivity contribution in [2.45, 2.75) is 0 Å². The number of carbonyl (C=O) groups is 1. The largest absolute Gasteiger partial charge is 0.514 e. The molecule has 17 heavy (non-hydrogen) atoms. The van der Waals surface area contributed by atoms with Crippen LogP contribution < -0.4 is 9.47 Å². The van der Waals surface area contributed by atoms with Gasteiger partial charge in [0.05, 0.1) is 12.7 Å². The molecule has 7 heteroatoms. The maximum Gasteiger partial charge on any atom is 0.514 e. The number of benzene rings is 1. The molecule has 0 spiro atoms. The van der Waals surface area contributed by atoms with Crippen molar-refractivity contribution in [3.63, 3.8) is 0 Å². The molecule has 0 aliphatic carbocycles. The lowest BCUT2D eigenvalue weighted by atomic mass is 10.2. The van der Waals surface area contributed by atoms with Crippen molar-refractivity contribution < 1.29 is 23.9 Å². The Bertz CT molecular complexity index is 537. The van der Waals surface area contributed by atoms with Crippen LogP contribution in [0.1, 0.15) is 0 Å². The van der Waals surface area contributed by atoms with E-state index in [4.69, 9.17) is 9.84 Å². The monoisotopic (exact) mass is 236 g/mol. The smallest absolute Gasteiger partial charge is 0.496 e. The van der Waals surface area contributed by atoms with E-state index in [2.05, 4.69) is 19.4 Å². The van der Waals surface area contributed by atoms with E-state index in [0.717, 1.165) is 0 Å². The van der Waals surface area contributed by atoms with Gasteiger partial charge in [0.2, 0.25) is 5.82 Å². The summed E-state index contributed by atoms with van der Waals surface area (Å²) in [4.78, 5) is 14.0. The van der Waals surface area contributed by atoms with Gasteiger partial charge in [0.1, 0.15) is 5.75 Å². The van der Waals surface area contributed by atoms with Gasteiger partial charge in [-0.1, -0.05) is 17.3 Å². The lowest BCUT2D eigenvalue weighted by Crippen LogP contribution is -2.02. The third-order valence-electron chi connectivity index (χ3n) is 1.93. The molecule has 0 radical (unpaired) electrons. The van der Waals surface area contributed by atoms with Crippen molar-refractivity contribution in [2.24, 2.45) is 0 Å². The fourth-order valence-corrected chi connectivity index (χ4v) is 1.26. The number of carboxylic acid groups (broad SMARTS) is 1. The number of aromatic nitrogens is 2. The van der Waals surface area contributed by atoms with Crippen molar-refractivity contribution in [3.8, 4) is 23.2 Å². The first kappa shape index (κ1) is 10.9. The van der Waals surface area contributed by atoms with Gasteiger partial charge in [-0.3, -0.25) is 4.52 Å². The van der Waals surface area contributed by atoms with Gasteiger partial charge in [-0.2, -0.15) is 4.98 Å². The average Bonchev–Trinajstić information content (AvgIpc) is 2.76.